The number of hydrogen-bond donors (Lipinski definition) is 2. The molecule has 0 bridgehead atoms. The van der Waals surface area contributed by atoms with E-state index < -0.39 is 11.8 Å². The van der Waals surface area contributed by atoms with Crippen LogP contribution in [0.4, 0.5) is 5.69 Å². The van der Waals surface area contributed by atoms with E-state index in [9.17, 15) is 9.59 Å². The second kappa shape index (κ2) is 7.56. The summed E-state index contributed by atoms with van der Waals surface area (Å²) in [4.78, 5) is 34.3. The quantitative estimate of drug-likeness (QED) is 0.688. The highest BCUT2D eigenvalue weighted by atomic mass is 16.5. The molecule has 0 radical (unpaired) electrons. The van der Waals surface area contributed by atoms with Gasteiger partial charge in [-0.15, -0.1) is 0 Å². The first-order valence-electron chi connectivity index (χ1n) is 9.01. The van der Waals surface area contributed by atoms with Crippen LogP contribution in [-0.4, -0.2) is 40.3 Å². The molecular formula is C21H20N4O3. The van der Waals surface area contributed by atoms with Crippen LogP contribution in [0.25, 0.3) is 11.4 Å². The first kappa shape index (κ1) is 17.8. The van der Waals surface area contributed by atoms with Gasteiger partial charge in [0.25, 0.3) is 0 Å². The third-order valence-corrected chi connectivity index (χ3v) is 4.71. The van der Waals surface area contributed by atoms with Crippen LogP contribution in [0.1, 0.15) is 11.4 Å². The summed E-state index contributed by atoms with van der Waals surface area (Å²) in [6.45, 7) is 0.792. The van der Waals surface area contributed by atoms with Crippen molar-refractivity contribution in [1.29, 1.82) is 0 Å². The summed E-state index contributed by atoms with van der Waals surface area (Å²) in [7, 11) is 1.63. The van der Waals surface area contributed by atoms with Crippen molar-refractivity contribution >= 4 is 17.5 Å². The Kier molecular flexibility index (Phi) is 4.80. The van der Waals surface area contributed by atoms with Crippen LogP contribution in [-0.2, 0) is 22.6 Å². The molecule has 0 saturated carbocycles. The van der Waals surface area contributed by atoms with Crippen LogP contribution >= 0.6 is 0 Å². The summed E-state index contributed by atoms with van der Waals surface area (Å²) in [5.74, 6) is 0.344. The molecule has 0 saturated heterocycles. The van der Waals surface area contributed by atoms with Gasteiger partial charge in [0.1, 0.15) is 11.6 Å². The van der Waals surface area contributed by atoms with Gasteiger partial charge in [-0.1, -0.05) is 18.2 Å². The van der Waals surface area contributed by atoms with E-state index in [2.05, 4.69) is 15.3 Å². The molecular weight excluding hydrogens is 356 g/mol. The fourth-order valence-electron chi connectivity index (χ4n) is 3.20. The number of para-hydroxylation sites is 1. The monoisotopic (exact) mass is 376 g/mol. The van der Waals surface area contributed by atoms with E-state index in [-0.39, 0.29) is 0 Å². The number of methoxy groups -OCH3 is 1. The summed E-state index contributed by atoms with van der Waals surface area (Å²) in [6, 6.07) is 16.6. The molecule has 2 aromatic carbocycles. The molecule has 0 atom stereocenters. The lowest BCUT2D eigenvalue weighted by Crippen LogP contribution is -2.42. The number of amides is 2. The molecule has 7 heteroatoms. The third kappa shape index (κ3) is 3.59. The average molecular weight is 376 g/mol. The maximum atomic E-state index is 12.5. The molecule has 2 heterocycles. The van der Waals surface area contributed by atoms with Crippen molar-refractivity contribution < 1.29 is 14.3 Å². The van der Waals surface area contributed by atoms with Gasteiger partial charge in [0.05, 0.1) is 25.0 Å². The maximum Gasteiger partial charge on any atom is 0.313 e. The second-order valence-electron chi connectivity index (χ2n) is 6.54. The zero-order chi connectivity index (χ0) is 19.5. The van der Waals surface area contributed by atoms with Gasteiger partial charge in [-0.3, -0.25) is 9.59 Å². The molecule has 142 valence electrons. The Morgan fingerprint density at radius 3 is 2.57 bits per heavy atom. The Morgan fingerprint density at radius 1 is 1.11 bits per heavy atom. The summed E-state index contributed by atoms with van der Waals surface area (Å²) < 4.78 is 5.18. The van der Waals surface area contributed by atoms with E-state index in [4.69, 9.17) is 4.74 Å². The number of H-pyrrole nitrogens is 1. The number of aromatic nitrogens is 2. The summed E-state index contributed by atoms with van der Waals surface area (Å²) in [5, 5.41) is 2.64. The van der Waals surface area contributed by atoms with Gasteiger partial charge >= 0.3 is 11.8 Å². The number of hydrogen-bond acceptors (Lipinski definition) is 4. The van der Waals surface area contributed by atoms with Crippen molar-refractivity contribution in [2.24, 2.45) is 0 Å². The van der Waals surface area contributed by atoms with Gasteiger partial charge in [-0.25, -0.2) is 4.98 Å². The number of rotatable bonds is 3. The van der Waals surface area contributed by atoms with E-state index in [1.54, 1.807) is 31.4 Å². The summed E-state index contributed by atoms with van der Waals surface area (Å²) in [5.41, 5.74) is 3.33. The van der Waals surface area contributed by atoms with Crippen molar-refractivity contribution in [3.05, 3.63) is 66.0 Å². The Hall–Kier alpha value is -3.61. The van der Waals surface area contributed by atoms with Gasteiger partial charge in [-0.05, 0) is 36.4 Å². The van der Waals surface area contributed by atoms with Gasteiger partial charge in [0.2, 0.25) is 0 Å². The van der Waals surface area contributed by atoms with Crippen LogP contribution in [0, 0.1) is 0 Å². The molecule has 4 rings (SSSR count). The number of fused-ring (bicyclic) bond motifs is 1. The highest BCUT2D eigenvalue weighted by Gasteiger charge is 2.28. The highest BCUT2D eigenvalue weighted by Crippen LogP contribution is 2.24. The van der Waals surface area contributed by atoms with Gasteiger partial charge < -0.3 is 19.9 Å². The van der Waals surface area contributed by atoms with Gasteiger partial charge in [0.15, 0.2) is 0 Å². The Bertz CT molecular complexity index is 996. The number of benzene rings is 2. The van der Waals surface area contributed by atoms with E-state index in [0.717, 1.165) is 28.5 Å². The molecule has 0 spiro atoms. The molecule has 28 heavy (non-hydrogen) atoms. The van der Waals surface area contributed by atoms with Crippen molar-refractivity contribution in [2.75, 3.05) is 19.0 Å². The standard InChI is InChI=1S/C21H20N4O3/c1-28-16-9-7-14(8-10-16)19-23-17-11-12-25(13-18(17)24-19)21(27)20(26)22-15-5-3-2-4-6-15/h2-10H,11-13H2,1H3,(H,22,26)(H,23,24). The number of aromatic amines is 1. The van der Waals surface area contributed by atoms with Crippen LogP contribution in [0.15, 0.2) is 54.6 Å². The average Bonchev–Trinajstić information content (AvgIpc) is 3.17. The molecule has 0 aliphatic carbocycles. The molecule has 2 amide bonds. The largest absolute Gasteiger partial charge is 0.497 e. The van der Waals surface area contributed by atoms with E-state index >= 15 is 0 Å². The number of nitrogens with zero attached hydrogens (tertiary/aromatic N) is 2. The lowest BCUT2D eigenvalue weighted by Gasteiger charge is -2.25. The first-order chi connectivity index (χ1) is 13.6. The summed E-state index contributed by atoms with van der Waals surface area (Å²) >= 11 is 0. The number of imidazole rings is 1. The minimum Gasteiger partial charge on any atom is -0.497 e. The number of ether oxygens (including phenoxy) is 1. The predicted octanol–water partition coefficient (Wildman–Crippen LogP) is 2.61. The van der Waals surface area contributed by atoms with Crippen LogP contribution in [0.3, 0.4) is 0 Å². The molecule has 1 aliphatic rings. The molecule has 3 aromatic rings. The fraction of sp³-hybridized carbons (Fsp3) is 0.190. The Labute approximate surface area is 162 Å². The van der Waals surface area contributed by atoms with Gasteiger partial charge in [0, 0.05) is 24.2 Å². The topological polar surface area (TPSA) is 87.3 Å². The van der Waals surface area contributed by atoms with Crippen molar-refractivity contribution in [3.63, 3.8) is 0 Å². The van der Waals surface area contributed by atoms with Crippen molar-refractivity contribution in [2.45, 2.75) is 13.0 Å². The summed E-state index contributed by atoms with van der Waals surface area (Å²) in [6.07, 6.45) is 0.604. The number of carbonyl (C=O) groups is 2. The molecule has 1 aliphatic heterocycles. The van der Waals surface area contributed by atoms with Crippen molar-refractivity contribution in [3.8, 4) is 17.1 Å². The zero-order valence-electron chi connectivity index (χ0n) is 15.4. The molecule has 7 nitrogen and oxygen atoms in total. The van der Waals surface area contributed by atoms with Crippen molar-refractivity contribution in [1.82, 2.24) is 14.9 Å². The van der Waals surface area contributed by atoms with E-state index in [1.807, 2.05) is 30.3 Å². The molecule has 0 fully saturated rings. The molecule has 0 unspecified atom stereocenters. The Morgan fingerprint density at radius 2 is 1.86 bits per heavy atom. The number of anilines is 1. The number of carbonyl (C=O) groups excluding carboxylic acids is 2. The molecule has 2 N–H and O–H groups in total. The van der Waals surface area contributed by atoms with Crippen LogP contribution in [0.5, 0.6) is 5.75 Å². The van der Waals surface area contributed by atoms with E-state index in [0.29, 0.717) is 25.2 Å². The normalized spacial score (nSPS) is 13.0. The third-order valence-electron chi connectivity index (χ3n) is 4.71. The smallest absolute Gasteiger partial charge is 0.313 e. The maximum absolute atomic E-state index is 12.5. The minimum atomic E-state index is -0.635. The van der Waals surface area contributed by atoms with Crippen LogP contribution < -0.4 is 10.1 Å². The molecule has 1 aromatic heterocycles. The lowest BCUT2D eigenvalue weighted by atomic mass is 10.1. The van der Waals surface area contributed by atoms with Crippen LogP contribution in [0.2, 0.25) is 0 Å². The highest BCUT2D eigenvalue weighted by molar-refractivity contribution is 6.39. The second-order valence-corrected chi connectivity index (χ2v) is 6.54. The van der Waals surface area contributed by atoms with E-state index in [1.165, 1.54) is 4.90 Å². The Balaban J connectivity index is 1.46. The minimum absolute atomic E-state index is 0.333. The predicted molar refractivity (Wildman–Crippen MR) is 105 cm³/mol. The number of nitrogens with one attached hydrogen (secondary N) is 2. The SMILES string of the molecule is COc1ccc(-c2nc3c([nH]2)CN(C(=O)C(=O)Nc2ccccc2)CC3)cc1. The fourth-order valence-corrected chi connectivity index (χ4v) is 3.20. The van der Waals surface area contributed by atoms with Gasteiger partial charge in [-0.2, -0.15) is 0 Å². The lowest BCUT2D eigenvalue weighted by molar-refractivity contribution is -0.143. The first-order valence-corrected chi connectivity index (χ1v) is 9.01. The zero-order valence-corrected chi connectivity index (χ0v) is 15.4.